The number of hydrogen-bond donors (Lipinski definition) is 1. The molecule has 1 unspecified atom stereocenters. The fourth-order valence-electron chi connectivity index (χ4n) is 3.10. The van der Waals surface area contributed by atoms with Gasteiger partial charge in [-0.3, -0.25) is 9.48 Å². The molecule has 3 rings (SSSR count). The summed E-state index contributed by atoms with van der Waals surface area (Å²) < 4.78 is 43.4. The first-order valence-corrected chi connectivity index (χ1v) is 8.68. The fourth-order valence-corrected chi connectivity index (χ4v) is 3.10. The SMILES string of the molecule is CN(Cc1ccccc1OC(F)(F)F)C(=O)c1ccn(C2CCCNC2)n1.Cl. The van der Waals surface area contributed by atoms with E-state index >= 15 is 0 Å². The minimum atomic E-state index is -4.79. The summed E-state index contributed by atoms with van der Waals surface area (Å²) in [6.07, 6.45) is -0.991. The zero-order valence-corrected chi connectivity index (χ0v) is 16.1. The number of nitrogens with zero attached hydrogens (tertiary/aromatic N) is 3. The van der Waals surface area contributed by atoms with Crippen LogP contribution < -0.4 is 10.1 Å². The summed E-state index contributed by atoms with van der Waals surface area (Å²) in [4.78, 5) is 13.9. The Kier molecular flexibility index (Phi) is 7.31. The van der Waals surface area contributed by atoms with E-state index in [1.807, 2.05) is 0 Å². The summed E-state index contributed by atoms with van der Waals surface area (Å²) in [5.41, 5.74) is 0.527. The van der Waals surface area contributed by atoms with Crippen LogP contribution in [-0.2, 0) is 6.54 Å². The number of amides is 1. The molecule has 2 heterocycles. The number of rotatable bonds is 5. The maximum absolute atomic E-state index is 12.6. The van der Waals surface area contributed by atoms with Crippen LogP contribution in [0.5, 0.6) is 5.75 Å². The summed E-state index contributed by atoms with van der Waals surface area (Å²) in [7, 11) is 1.52. The molecule has 1 fully saturated rings. The molecule has 6 nitrogen and oxygen atoms in total. The molecule has 1 aromatic heterocycles. The number of carbonyl (C=O) groups excluding carboxylic acids is 1. The van der Waals surface area contributed by atoms with E-state index in [1.54, 1.807) is 23.0 Å². The lowest BCUT2D eigenvalue weighted by Crippen LogP contribution is -2.32. The molecule has 10 heteroatoms. The summed E-state index contributed by atoms with van der Waals surface area (Å²) >= 11 is 0. The quantitative estimate of drug-likeness (QED) is 0.808. The molecule has 0 radical (unpaired) electrons. The smallest absolute Gasteiger partial charge is 0.405 e. The summed E-state index contributed by atoms with van der Waals surface area (Å²) in [6.45, 7) is 1.75. The average Bonchev–Trinajstić information content (AvgIpc) is 3.12. The molecule has 2 aromatic rings. The lowest BCUT2D eigenvalue weighted by Gasteiger charge is -2.23. The highest BCUT2D eigenvalue weighted by Gasteiger charge is 2.32. The van der Waals surface area contributed by atoms with E-state index in [1.165, 1.54) is 30.1 Å². The van der Waals surface area contributed by atoms with E-state index in [0.29, 0.717) is 0 Å². The maximum Gasteiger partial charge on any atom is 0.573 e. The Morgan fingerprint density at radius 1 is 1.36 bits per heavy atom. The van der Waals surface area contributed by atoms with Gasteiger partial charge in [-0.05, 0) is 31.5 Å². The van der Waals surface area contributed by atoms with E-state index in [9.17, 15) is 18.0 Å². The van der Waals surface area contributed by atoms with Crippen molar-refractivity contribution >= 4 is 18.3 Å². The molecule has 1 aromatic carbocycles. The number of halogens is 4. The Hall–Kier alpha value is -2.26. The molecule has 1 atom stereocenters. The lowest BCUT2D eigenvalue weighted by molar-refractivity contribution is -0.275. The molecule has 1 aliphatic rings. The van der Waals surface area contributed by atoms with Crippen LogP contribution in [0.25, 0.3) is 0 Å². The number of benzene rings is 1. The molecule has 0 aliphatic carbocycles. The van der Waals surface area contributed by atoms with Crippen LogP contribution in [-0.4, -0.2) is 47.1 Å². The van der Waals surface area contributed by atoms with Gasteiger partial charge in [-0.15, -0.1) is 25.6 Å². The van der Waals surface area contributed by atoms with Crippen LogP contribution in [0.3, 0.4) is 0 Å². The zero-order chi connectivity index (χ0) is 19.4. The van der Waals surface area contributed by atoms with Crippen LogP contribution >= 0.6 is 12.4 Å². The third-order valence-electron chi connectivity index (χ3n) is 4.42. The molecule has 1 saturated heterocycles. The Labute approximate surface area is 167 Å². The van der Waals surface area contributed by atoms with Crippen LogP contribution in [0.4, 0.5) is 13.2 Å². The van der Waals surface area contributed by atoms with Crippen molar-refractivity contribution < 1.29 is 22.7 Å². The number of nitrogens with one attached hydrogen (secondary N) is 1. The number of piperidine rings is 1. The second-order valence-electron chi connectivity index (χ2n) is 6.50. The third-order valence-corrected chi connectivity index (χ3v) is 4.42. The molecule has 1 N–H and O–H groups in total. The largest absolute Gasteiger partial charge is 0.573 e. The van der Waals surface area contributed by atoms with Gasteiger partial charge in [0, 0.05) is 31.9 Å². The average molecular weight is 419 g/mol. The van der Waals surface area contributed by atoms with Crippen molar-refractivity contribution in [3.63, 3.8) is 0 Å². The van der Waals surface area contributed by atoms with Gasteiger partial charge < -0.3 is 15.0 Å². The molecule has 0 spiro atoms. The summed E-state index contributed by atoms with van der Waals surface area (Å²) in [5.74, 6) is -0.678. The van der Waals surface area contributed by atoms with Crippen molar-refractivity contribution in [3.05, 3.63) is 47.8 Å². The van der Waals surface area contributed by atoms with Crippen molar-refractivity contribution in [2.45, 2.75) is 31.8 Å². The van der Waals surface area contributed by atoms with Gasteiger partial charge in [0.05, 0.1) is 6.04 Å². The molecule has 0 bridgehead atoms. The molecule has 0 saturated carbocycles. The van der Waals surface area contributed by atoms with Crippen molar-refractivity contribution in [2.75, 3.05) is 20.1 Å². The second kappa shape index (κ2) is 9.29. The van der Waals surface area contributed by atoms with Crippen molar-refractivity contribution in [1.82, 2.24) is 20.0 Å². The second-order valence-corrected chi connectivity index (χ2v) is 6.50. The Morgan fingerprint density at radius 2 is 2.11 bits per heavy atom. The van der Waals surface area contributed by atoms with E-state index < -0.39 is 6.36 Å². The minimum Gasteiger partial charge on any atom is -0.405 e. The van der Waals surface area contributed by atoms with Crippen molar-refractivity contribution in [2.24, 2.45) is 0 Å². The van der Waals surface area contributed by atoms with Crippen LogP contribution in [0.15, 0.2) is 36.5 Å². The summed E-state index contributed by atoms with van der Waals surface area (Å²) in [5, 5.41) is 7.64. The van der Waals surface area contributed by atoms with Gasteiger partial charge in [-0.2, -0.15) is 5.10 Å². The first kappa shape index (κ1) is 22.0. The van der Waals surface area contributed by atoms with Crippen molar-refractivity contribution in [1.29, 1.82) is 0 Å². The Morgan fingerprint density at radius 3 is 2.79 bits per heavy atom. The van der Waals surface area contributed by atoms with Gasteiger partial charge in [0.25, 0.3) is 5.91 Å². The van der Waals surface area contributed by atoms with Gasteiger partial charge in [0.1, 0.15) is 11.4 Å². The fraction of sp³-hybridized carbons (Fsp3) is 0.444. The number of para-hydroxylation sites is 1. The van der Waals surface area contributed by atoms with Crippen molar-refractivity contribution in [3.8, 4) is 5.75 Å². The van der Waals surface area contributed by atoms with Gasteiger partial charge in [-0.25, -0.2) is 0 Å². The lowest BCUT2D eigenvalue weighted by atomic mass is 10.1. The number of ether oxygens (including phenoxy) is 1. The first-order chi connectivity index (χ1) is 12.8. The van der Waals surface area contributed by atoms with Gasteiger partial charge in [-0.1, -0.05) is 18.2 Å². The molecule has 1 amide bonds. The number of hydrogen-bond acceptors (Lipinski definition) is 4. The minimum absolute atomic E-state index is 0. The predicted octanol–water partition coefficient (Wildman–Crippen LogP) is 3.40. The van der Waals surface area contributed by atoms with Gasteiger partial charge >= 0.3 is 6.36 Å². The Bertz CT molecular complexity index is 791. The van der Waals surface area contributed by atoms with Gasteiger partial charge in [0.15, 0.2) is 0 Å². The predicted molar refractivity (Wildman–Crippen MR) is 99.5 cm³/mol. The zero-order valence-electron chi connectivity index (χ0n) is 15.3. The number of carbonyl (C=O) groups is 1. The van der Waals surface area contributed by atoms with E-state index in [2.05, 4.69) is 15.2 Å². The monoisotopic (exact) mass is 418 g/mol. The molecular formula is C18H22ClF3N4O2. The molecule has 154 valence electrons. The number of aromatic nitrogens is 2. The normalized spacial score (nSPS) is 16.9. The molecular weight excluding hydrogens is 397 g/mol. The van der Waals surface area contributed by atoms with Crippen LogP contribution in [0, 0.1) is 0 Å². The highest BCUT2D eigenvalue weighted by molar-refractivity contribution is 5.92. The third kappa shape index (κ3) is 5.62. The molecule has 28 heavy (non-hydrogen) atoms. The summed E-state index contributed by atoms with van der Waals surface area (Å²) in [6, 6.07) is 7.61. The van der Waals surface area contributed by atoms with Gasteiger partial charge in [0.2, 0.25) is 0 Å². The first-order valence-electron chi connectivity index (χ1n) is 8.68. The van der Waals surface area contributed by atoms with Crippen LogP contribution in [0.1, 0.15) is 34.9 Å². The van der Waals surface area contributed by atoms with E-state index in [0.717, 1.165) is 25.9 Å². The number of alkyl halides is 3. The van der Waals surface area contributed by atoms with E-state index in [4.69, 9.17) is 0 Å². The topological polar surface area (TPSA) is 59.4 Å². The van der Waals surface area contributed by atoms with E-state index in [-0.39, 0.29) is 47.9 Å². The molecule has 1 aliphatic heterocycles. The highest BCUT2D eigenvalue weighted by atomic mass is 35.5. The highest BCUT2D eigenvalue weighted by Crippen LogP contribution is 2.27. The van der Waals surface area contributed by atoms with Crippen LogP contribution in [0.2, 0.25) is 0 Å². The maximum atomic E-state index is 12.6. The standard InChI is InChI=1S/C18H21F3N4O2.ClH/c1-24(12-13-5-2-3-7-16(13)27-18(19,20)21)17(26)15-8-10-25(23-15)14-6-4-9-22-11-14;/h2-3,5,7-8,10,14,22H,4,6,9,11-12H2,1H3;1H. The Balaban J connectivity index is 0.00000280.